The third-order valence-corrected chi connectivity index (χ3v) is 4.09. The van der Waals surface area contributed by atoms with Crippen LogP contribution in [0.25, 0.3) is 10.6 Å². The predicted octanol–water partition coefficient (Wildman–Crippen LogP) is 3.37. The second-order valence-corrected chi connectivity index (χ2v) is 5.60. The van der Waals surface area contributed by atoms with Gasteiger partial charge in [0.1, 0.15) is 10.8 Å². The minimum Gasteiger partial charge on any atom is -0.497 e. The van der Waals surface area contributed by atoms with Gasteiger partial charge in [0.2, 0.25) is 11.0 Å². The van der Waals surface area contributed by atoms with Crippen LogP contribution in [0.2, 0.25) is 0 Å². The number of nitrogens with zero attached hydrogens (tertiary/aromatic N) is 3. The maximum Gasteiger partial charge on any atom is 0.225 e. The Labute approximate surface area is 128 Å². The van der Waals surface area contributed by atoms with Gasteiger partial charge in [0.25, 0.3) is 0 Å². The molecule has 0 aliphatic rings. The Bertz CT molecular complexity index is 595. The molecule has 1 heterocycles. The average Bonchev–Trinajstić information content (AvgIpc) is 2.97. The van der Waals surface area contributed by atoms with Crippen LogP contribution in [0, 0.1) is 0 Å². The van der Waals surface area contributed by atoms with Crippen LogP contribution in [-0.4, -0.2) is 29.8 Å². The van der Waals surface area contributed by atoms with E-state index in [2.05, 4.69) is 17.1 Å². The molecule has 0 bridgehead atoms. The normalized spacial score (nSPS) is 10.4. The minimum atomic E-state index is 0.000816. The molecule has 0 saturated heterocycles. The molecule has 0 atom stereocenters. The van der Waals surface area contributed by atoms with Crippen LogP contribution in [0.1, 0.15) is 26.7 Å². The van der Waals surface area contributed by atoms with Gasteiger partial charge in [-0.3, -0.25) is 9.69 Å². The van der Waals surface area contributed by atoms with Gasteiger partial charge in [-0.15, -0.1) is 10.2 Å². The highest BCUT2D eigenvalue weighted by Gasteiger charge is 2.16. The highest BCUT2D eigenvalue weighted by Crippen LogP contribution is 2.30. The highest BCUT2D eigenvalue weighted by molar-refractivity contribution is 7.18. The zero-order valence-corrected chi connectivity index (χ0v) is 13.3. The van der Waals surface area contributed by atoms with E-state index in [1.807, 2.05) is 24.3 Å². The van der Waals surface area contributed by atoms with E-state index >= 15 is 0 Å². The molecule has 1 aromatic carbocycles. The fraction of sp³-hybridized carbons (Fsp3) is 0.400. The molecule has 21 heavy (non-hydrogen) atoms. The van der Waals surface area contributed by atoms with Gasteiger partial charge in [0.15, 0.2) is 0 Å². The van der Waals surface area contributed by atoms with E-state index < -0.39 is 0 Å². The van der Waals surface area contributed by atoms with E-state index in [0.29, 0.717) is 11.7 Å². The lowest BCUT2D eigenvalue weighted by Crippen LogP contribution is -2.29. The predicted molar refractivity (Wildman–Crippen MR) is 84.8 cm³/mol. The summed E-state index contributed by atoms with van der Waals surface area (Å²) in [6.07, 6.45) is 1.99. The minimum absolute atomic E-state index is 0.000816. The number of ether oxygens (including phenoxy) is 1. The lowest BCUT2D eigenvalue weighted by atomic mass is 10.2. The van der Waals surface area contributed by atoms with Crippen LogP contribution < -0.4 is 9.64 Å². The topological polar surface area (TPSA) is 55.3 Å². The molecule has 2 aromatic rings. The molecule has 1 amide bonds. The number of benzene rings is 1. The van der Waals surface area contributed by atoms with Crippen molar-refractivity contribution in [3.63, 3.8) is 0 Å². The molecule has 0 fully saturated rings. The van der Waals surface area contributed by atoms with Gasteiger partial charge >= 0.3 is 0 Å². The van der Waals surface area contributed by atoms with Crippen molar-refractivity contribution >= 4 is 22.4 Å². The van der Waals surface area contributed by atoms with Crippen molar-refractivity contribution < 1.29 is 9.53 Å². The molecule has 0 spiro atoms. The number of aromatic nitrogens is 2. The maximum absolute atomic E-state index is 11.7. The van der Waals surface area contributed by atoms with Gasteiger partial charge in [-0.25, -0.2) is 0 Å². The number of anilines is 1. The Morgan fingerprint density at radius 3 is 2.57 bits per heavy atom. The van der Waals surface area contributed by atoms with E-state index in [0.717, 1.165) is 29.2 Å². The van der Waals surface area contributed by atoms with Crippen LogP contribution in [0.15, 0.2) is 24.3 Å². The number of rotatable bonds is 6. The van der Waals surface area contributed by atoms with Gasteiger partial charge in [0, 0.05) is 19.0 Å². The Balaban J connectivity index is 2.20. The summed E-state index contributed by atoms with van der Waals surface area (Å²) in [4.78, 5) is 13.4. The molecule has 6 heteroatoms. The molecular weight excluding hydrogens is 286 g/mol. The lowest BCUT2D eigenvalue weighted by Gasteiger charge is -2.16. The molecule has 0 aliphatic heterocycles. The van der Waals surface area contributed by atoms with Crippen molar-refractivity contribution in [1.82, 2.24) is 10.2 Å². The summed E-state index contributed by atoms with van der Waals surface area (Å²) in [7, 11) is 1.64. The van der Waals surface area contributed by atoms with Crippen LogP contribution in [-0.2, 0) is 4.79 Å². The second-order valence-electron chi connectivity index (χ2n) is 4.64. The van der Waals surface area contributed by atoms with Gasteiger partial charge in [0.05, 0.1) is 7.11 Å². The summed E-state index contributed by atoms with van der Waals surface area (Å²) in [5.41, 5.74) is 0.971. The fourth-order valence-electron chi connectivity index (χ4n) is 1.88. The Morgan fingerprint density at radius 1 is 1.29 bits per heavy atom. The first-order valence-corrected chi connectivity index (χ1v) is 7.73. The van der Waals surface area contributed by atoms with Gasteiger partial charge in [-0.2, -0.15) is 0 Å². The third kappa shape index (κ3) is 3.78. The first-order chi connectivity index (χ1) is 10.2. The van der Waals surface area contributed by atoms with Crippen molar-refractivity contribution in [2.75, 3.05) is 18.6 Å². The lowest BCUT2D eigenvalue weighted by molar-refractivity contribution is -0.116. The third-order valence-electron chi connectivity index (χ3n) is 3.10. The molecule has 0 radical (unpaired) electrons. The molecular formula is C15H19N3O2S. The van der Waals surface area contributed by atoms with Crippen LogP contribution >= 0.6 is 11.3 Å². The highest BCUT2D eigenvalue weighted by atomic mass is 32.1. The summed E-state index contributed by atoms with van der Waals surface area (Å²) in [5.74, 6) is 0.803. The van der Waals surface area contributed by atoms with E-state index in [-0.39, 0.29) is 5.91 Å². The zero-order chi connectivity index (χ0) is 15.2. The number of carbonyl (C=O) groups is 1. The summed E-state index contributed by atoms with van der Waals surface area (Å²) >= 11 is 1.43. The number of amides is 1. The number of unbranched alkanes of at least 4 members (excludes halogenated alkanes) is 1. The van der Waals surface area contributed by atoms with Gasteiger partial charge in [-0.1, -0.05) is 24.7 Å². The molecule has 0 saturated carbocycles. The van der Waals surface area contributed by atoms with E-state index in [1.165, 1.54) is 11.3 Å². The number of carbonyl (C=O) groups excluding carboxylic acids is 1. The molecule has 1 aromatic heterocycles. The Kier molecular flexibility index (Phi) is 5.27. The van der Waals surface area contributed by atoms with Crippen molar-refractivity contribution in [2.24, 2.45) is 0 Å². The number of methoxy groups -OCH3 is 1. The summed E-state index contributed by atoms with van der Waals surface area (Å²) in [5, 5.41) is 9.79. The average molecular weight is 305 g/mol. The molecule has 0 aliphatic carbocycles. The van der Waals surface area contributed by atoms with E-state index in [1.54, 1.807) is 18.9 Å². The van der Waals surface area contributed by atoms with E-state index in [4.69, 9.17) is 4.74 Å². The van der Waals surface area contributed by atoms with Crippen molar-refractivity contribution in [1.29, 1.82) is 0 Å². The van der Waals surface area contributed by atoms with Crippen molar-refractivity contribution in [3.8, 4) is 16.3 Å². The quantitative estimate of drug-likeness (QED) is 0.821. The summed E-state index contributed by atoms with van der Waals surface area (Å²) in [6.45, 7) is 4.34. The van der Waals surface area contributed by atoms with E-state index in [9.17, 15) is 4.79 Å². The zero-order valence-electron chi connectivity index (χ0n) is 12.5. The van der Waals surface area contributed by atoms with Gasteiger partial charge < -0.3 is 4.74 Å². The van der Waals surface area contributed by atoms with Crippen LogP contribution in [0.4, 0.5) is 5.13 Å². The molecule has 0 N–H and O–H groups in total. The molecule has 0 unspecified atom stereocenters. The van der Waals surface area contributed by atoms with Crippen LogP contribution in [0.3, 0.4) is 0 Å². The first-order valence-electron chi connectivity index (χ1n) is 6.91. The molecule has 2 rings (SSSR count). The SMILES string of the molecule is CCCCN(C(C)=O)c1nnc(-c2ccc(OC)cc2)s1. The first kappa shape index (κ1) is 15.4. The molecule has 112 valence electrons. The Hall–Kier alpha value is -1.95. The number of hydrogen-bond donors (Lipinski definition) is 0. The fourth-order valence-corrected chi connectivity index (χ4v) is 2.80. The summed E-state index contributed by atoms with van der Waals surface area (Å²) in [6, 6.07) is 7.65. The van der Waals surface area contributed by atoms with Crippen molar-refractivity contribution in [3.05, 3.63) is 24.3 Å². The van der Waals surface area contributed by atoms with Gasteiger partial charge in [-0.05, 0) is 30.7 Å². The number of hydrogen-bond acceptors (Lipinski definition) is 5. The second kappa shape index (κ2) is 7.17. The Morgan fingerprint density at radius 2 is 2.00 bits per heavy atom. The van der Waals surface area contributed by atoms with Crippen molar-refractivity contribution in [2.45, 2.75) is 26.7 Å². The molecule has 5 nitrogen and oxygen atoms in total. The summed E-state index contributed by atoms with van der Waals surface area (Å²) < 4.78 is 5.14. The monoisotopic (exact) mass is 305 g/mol. The smallest absolute Gasteiger partial charge is 0.225 e. The maximum atomic E-state index is 11.7. The largest absolute Gasteiger partial charge is 0.497 e. The standard InChI is InChI=1S/C15H19N3O2S/c1-4-5-10-18(11(2)19)15-17-16-14(21-15)12-6-8-13(20-3)9-7-12/h6-9H,4-5,10H2,1-3H3. The van der Waals surface area contributed by atoms with Crippen LogP contribution in [0.5, 0.6) is 5.75 Å².